The highest BCUT2D eigenvalue weighted by Gasteiger charge is 2.53. The van der Waals surface area contributed by atoms with Gasteiger partial charge in [-0.2, -0.15) is 0 Å². The molecule has 2 aliphatic heterocycles. The van der Waals surface area contributed by atoms with Gasteiger partial charge in [0.05, 0.1) is 29.6 Å². The molecule has 0 bridgehead atoms. The van der Waals surface area contributed by atoms with Gasteiger partial charge in [0.1, 0.15) is 31.7 Å². The van der Waals surface area contributed by atoms with Crippen LogP contribution in [-0.2, 0) is 61.3 Å². The third kappa shape index (κ3) is 13.3. The van der Waals surface area contributed by atoms with Crippen molar-refractivity contribution in [2.45, 2.75) is 95.6 Å². The van der Waals surface area contributed by atoms with E-state index in [1.54, 1.807) is 91.0 Å². The van der Waals surface area contributed by atoms with Crippen LogP contribution in [0.4, 0.5) is 5.82 Å². The Labute approximate surface area is 404 Å². The van der Waals surface area contributed by atoms with E-state index >= 15 is 0 Å². The summed E-state index contributed by atoms with van der Waals surface area (Å²) < 4.78 is 61.1. The fourth-order valence-corrected chi connectivity index (χ4v) is 9.28. The molecule has 2 aliphatic rings. The van der Waals surface area contributed by atoms with Crippen LogP contribution in [-0.4, -0.2) is 126 Å². The average molecular weight is 1000 g/mol. The number of nitrogens with one attached hydrogen (secondary N) is 1. The Balaban J connectivity index is 1.23. The molecule has 2 fully saturated rings. The normalized spacial score (nSPS) is 22.4. The maximum absolute atomic E-state index is 13.9. The first-order valence-corrected chi connectivity index (χ1v) is 27.0. The van der Waals surface area contributed by atoms with Crippen molar-refractivity contribution in [3.63, 3.8) is 0 Å². The molecule has 1 N–H and O–H groups in total. The number of nitrogens with zero attached hydrogens (tertiary/aromatic N) is 4. The first-order valence-electron chi connectivity index (χ1n) is 22.1. The molecule has 4 heterocycles. The molecule has 0 amide bonds. The fourth-order valence-electron chi connectivity index (χ4n) is 7.27. The van der Waals surface area contributed by atoms with Crippen molar-refractivity contribution in [3.05, 3.63) is 120 Å². The lowest BCUT2D eigenvalue weighted by molar-refractivity contribution is -0.170. The second-order valence-corrected chi connectivity index (χ2v) is 24.0. The summed E-state index contributed by atoms with van der Waals surface area (Å²) in [5.41, 5.74) is 0.946. The highest BCUT2D eigenvalue weighted by Crippen LogP contribution is 2.45. The maximum Gasteiger partial charge on any atom is 0.338 e. The molecule has 23 heteroatoms. The van der Waals surface area contributed by atoms with Crippen molar-refractivity contribution in [1.29, 1.82) is 0 Å². The number of anilines is 1. The van der Waals surface area contributed by atoms with Gasteiger partial charge in [-0.25, -0.2) is 29.3 Å². The highest BCUT2D eigenvalue weighted by molar-refractivity contribution is 7.49. The Morgan fingerprint density at radius 2 is 1.16 bits per heavy atom. The monoisotopic (exact) mass is 1000 g/mol. The van der Waals surface area contributed by atoms with Crippen LogP contribution in [0.3, 0.4) is 0 Å². The zero-order valence-electron chi connectivity index (χ0n) is 39.0. The number of aromatic nitrogens is 4. The van der Waals surface area contributed by atoms with Crippen molar-refractivity contribution >= 4 is 69.4 Å². The van der Waals surface area contributed by atoms with E-state index in [0.717, 1.165) is 6.92 Å². The molecule has 370 valence electrons. The number of esters is 6. The van der Waals surface area contributed by atoms with Gasteiger partial charge in [0.15, 0.2) is 47.6 Å². The van der Waals surface area contributed by atoms with E-state index in [1.807, 2.05) is 0 Å². The standard InChI is InChI=1S/C47H52N5O16PSi/c1-28(53)59-24-35-38(62-29(2)54)40(63-30(3)55)47(65-35)68-69(61-22-23-70(4,5)6)51-41-36-42(49-26-48-41)52(27-50-36)43-39(67-46(58)33-20-14-9-15-21-33)37(66-45(57)32-18-12-8-13-19-32)34(64-43)25-60-44(56)31-16-10-7-11-17-31/h7-21,26-27,34-35,37-40,43,47H,22-25H2,1-6H3,(H,48,49,51)/t34-,35-,37-,38-,39-,40-,43-,47?,69?/m1/s1. The number of hydrogen-bond donors (Lipinski definition) is 1. The van der Waals surface area contributed by atoms with E-state index in [0.29, 0.717) is 6.04 Å². The lowest BCUT2D eigenvalue weighted by Gasteiger charge is -2.26. The number of carbonyl (C=O) groups excluding carboxylic acids is 6. The molecule has 2 unspecified atom stereocenters. The van der Waals surface area contributed by atoms with Crippen LogP contribution in [0.1, 0.15) is 58.1 Å². The lowest BCUT2D eigenvalue weighted by Crippen LogP contribution is -2.41. The first-order chi connectivity index (χ1) is 33.5. The van der Waals surface area contributed by atoms with Gasteiger partial charge < -0.3 is 47.5 Å². The van der Waals surface area contributed by atoms with Gasteiger partial charge in [-0.3, -0.25) is 23.5 Å². The number of fused-ring (bicyclic) bond motifs is 1. The molecule has 2 saturated heterocycles. The van der Waals surface area contributed by atoms with Crippen LogP contribution < -0.4 is 5.09 Å². The van der Waals surface area contributed by atoms with E-state index in [2.05, 4.69) is 39.7 Å². The molecule has 3 aromatic carbocycles. The molecule has 2 aromatic heterocycles. The molecule has 70 heavy (non-hydrogen) atoms. The summed E-state index contributed by atoms with van der Waals surface area (Å²) >= 11 is 0. The second kappa shape index (κ2) is 23.3. The number of carbonyl (C=O) groups is 6. The van der Waals surface area contributed by atoms with Crippen LogP contribution in [0.2, 0.25) is 25.7 Å². The predicted molar refractivity (Wildman–Crippen MR) is 249 cm³/mol. The zero-order valence-corrected chi connectivity index (χ0v) is 40.9. The summed E-state index contributed by atoms with van der Waals surface area (Å²) in [6.45, 7) is 9.44. The number of imidazole rings is 1. The van der Waals surface area contributed by atoms with Crippen LogP contribution in [0, 0.1) is 0 Å². The van der Waals surface area contributed by atoms with Gasteiger partial charge in [0, 0.05) is 28.8 Å². The van der Waals surface area contributed by atoms with Gasteiger partial charge in [-0.1, -0.05) is 74.2 Å². The quantitative estimate of drug-likeness (QED) is 0.0395. The Morgan fingerprint density at radius 1 is 0.629 bits per heavy atom. The number of benzene rings is 3. The van der Waals surface area contributed by atoms with E-state index in [9.17, 15) is 28.8 Å². The molecule has 21 nitrogen and oxygen atoms in total. The van der Waals surface area contributed by atoms with E-state index < -0.39 is 108 Å². The average Bonchev–Trinajstić information content (AvgIpc) is 4.00. The van der Waals surface area contributed by atoms with Crippen molar-refractivity contribution in [1.82, 2.24) is 19.5 Å². The third-order valence-electron chi connectivity index (χ3n) is 10.6. The SMILES string of the molecule is CC(=O)OC[C@H]1OC(OP(Nc2ncnc3c2ncn3[C@@H]2O[C@H](COC(=O)c3ccccc3)[C@@H](OC(=O)c3ccccc3)[C@H]2OC(=O)c2ccccc2)OCC[Si](C)(C)C)[C@H](OC(C)=O)[C@@H]1OC(C)=O. The molecular weight excluding hydrogens is 950 g/mol. The third-order valence-corrected chi connectivity index (χ3v) is 13.5. The van der Waals surface area contributed by atoms with Crippen LogP contribution in [0.25, 0.3) is 11.2 Å². The maximum atomic E-state index is 13.9. The van der Waals surface area contributed by atoms with Gasteiger partial charge in [-0.15, -0.1) is 0 Å². The molecule has 0 saturated carbocycles. The Bertz CT molecular complexity index is 2620. The molecular formula is C47H52N5O16PSi. The van der Waals surface area contributed by atoms with Crippen molar-refractivity contribution in [2.75, 3.05) is 24.9 Å². The van der Waals surface area contributed by atoms with Crippen LogP contribution in [0.15, 0.2) is 104 Å². The summed E-state index contributed by atoms with van der Waals surface area (Å²) in [7, 11) is -3.95. The van der Waals surface area contributed by atoms with E-state index in [-0.39, 0.29) is 46.9 Å². The topological polar surface area (TPSA) is 250 Å². The van der Waals surface area contributed by atoms with Gasteiger partial charge in [0.25, 0.3) is 8.53 Å². The van der Waals surface area contributed by atoms with Gasteiger partial charge >= 0.3 is 35.8 Å². The van der Waals surface area contributed by atoms with Crippen LogP contribution in [0.5, 0.6) is 0 Å². The highest BCUT2D eigenvalue weighted by atomic mass is 31.2. The van der Waals surface area contributed by atoms with Crippen molar-refractivity contribution in [3.8, 4) is 0 Å². The second-order valence-electron chi connectivity index (χ2n) is 17.2. The Kier molecular flexibility index (Phi) is 17.0. The molecule has 0 radical (unpaired) electrons. The van der Waals surface area contributed by atoms with Gasteiger partial charge in [-0.05, 0) is 42.4 Å². The first kappa shape index (κ1) is 51.2. The lowest BCUT2D eigenvalue weighted by atomic mass is 10.1. The summed E-state index contributed by atoms with van der Waals surface area (Å²) in [5.74, 6) is -4.19. The minimum Gasteiger partial charge on any atom is -0.463 e. The predicted octanol–water partition coefficient (Wildman–Crippen LogP) is 6.19. The molecule has 9 atom stereocenters. The summed E-state index contributed by atoms with van der Waals surface area (Å²) in [4.78, 5) is 90.9. The smallest absolute Gasteiger partial charge is 0.338 e. The molecule has 0 spiro atoms. The summed E-state index contributed by atoms with van der Waals surface area (Å²) in [6.07, 6.45) is -7.73. The van der Waals surface area contributed by atoms with Gasteiger partial charge in [0.2, 0.25) is 6.29 Å². The Hall–Kier alpha value is -6.68. The number of hydrogen-bond acceptors (Lipinski definition) is 20. The number of rotatable bonds is 20. The van der Waals surface area contributed by atoms with E-state index in [1.165, 1.54) is 31.1 Å². The van der Waals surface area contributed by atoms with Crippen molar-refractivity contribution in [2.24, 2.45) is 0 Å². The van der Waals surface area contributed by atoms with E-state index in [4.69, 9.17) is 46.9 Å². The minimum absolute atomic E-state index is 0.0918. The molecule has 0 aliphatic carbocycles. The van der Waals surface area contributed by atoms with Crippen LogP contribution >= 0.6 is 8.53 Å². The Morgan fingerprint density at radius 3 is 1.73 bits per heavy atom. The summed E-state index contributed by atoms with van der Waals surface area (Å²) in [5, 5.41) is 3.15. The van der Waals surface area contributed by atoms with Crippen molar-refractivity contribution < 1.29 is 75.7 Å². The minimum atomic E-state index is -2.27. The number of ether oxygens (including phenoxy) is 8. The fraction of sp³-hybridized carbons (Fsp3) is 0.383. The molecule has 5 aromatic rings. The largest absolute Gasteiger partial charge is 0.463 e. The zero-order chi connectivity index (χ0) is 50.0. The molecule has 7 rings (SSSR count). The summed E-state index contributed by atoms with van der Waals surface area (Å²) in [6, 6.07) is 25.3.